The van der Waals surface area contributed by atoms with E-state index in [0.717, 1.165) is 27.7 Å². The van der Waals surface area contributed by atoms with Crippen LogP contribution in [0.15, 0.2) is 36.9 Å². The van der Waals surface area contributed by atoms with Crippen molar-refractivity contribution in [2.75, 3.05) is 25.2 Å². The summed E-state index contributed by atoms with van der Waals surface area (Å²) in [6.45, 7) is 4.57. The predicted molar refractivity (Wildman–Crippen MR) is 118 cm³/mol. The lowest BCUT2D eigenvalue weighted by Gasteiger charge is -2.25. The molecular formula is C23H26N4O5. The summed E-state index contributed by atoms with van der Waals surface area (Å²) in [4.78, 5) is 34.4. The molecular weight excluding hydrogens is 412 g/mol. The van der Waals surface area contributed by atoms with Gasteiger partial charge >= 0.3 is 11.9 Å². The molecule has 9 heteroatoms. The van der Waals surface area contributed by atoms with Gasteiger partial charge in [0.05, 0.1) is 43.8 Å². The summed E-state index contributed by atoms with van der Waals surface area (Å²) >= 11 is 0. The fraction of sp³-hybridized carbons (Fsp3) is 0.391. The third-order valence-electron chi connectivity index (χ3n) is 5.95. The number of carboxylic acids is 1. The van der Waals surface area contributed by atoms with Gasteiger partial charge in [0, 0.05) is 36.8 Å². The molecule has 32 heavy (non-hydrogen) atoms. The van der Waals surface area contributed by atoms with E-state index in [1.807, 2.05) is 41.6 Å². The van der Waals surface area contributed by atoms with Gasteiger partial charge < -0.3 is 24.0 Å². The Balaban J connectivity index is 1.77. The van der Waals surface area contributed by atoms with Crippen molar-refractivity contribution >= 4 is 28.7 Å². The van der Waals surface area contributed by atoms with E-state index in [9.17, 15) is 9.59 Å². The molecule has 0 aliphatic carbocycles. The third kappa shape index (κ3) is 4.16. The van der Waals surface area contributed by atoms with Crippen molar-refractivity contribution in [2.24, 2.45) is 0 Å². The molecule has 1 N–H and O–H groups in total. The number of benzene rings is 1. The lowest BCUT2D eigenvalue weighted by atomic mass is 10.0. The number of aliphatic carboxylic acids is 1. The second-order valence-electron chi connectivity index (χ2n) is 7.94. The number of fused-ring (bicyclic) bond motifs is 1. The number of nitrogens with zero attached hydrogens (tertiary/aromatic N) is 4. The standard InChI is InChI=1S/C23H26N4O5/c1-14-4-5-17-18(26-8-7-24-13-26)11-20(25-22(17)15(14)2)27-12-16(32-9-6-21(28)29)10-19(27)23(30)31-3/h4-5,7-8,11,13,16,19H,6,9-10,12H2,1-3H3,(H,28,29)/t16-,19-/m0/s1. The van der Waals surface area contributed by atoms with E-state index in [4.69, 9.17) is 19.6 Å². The topological polar surface area (TPSA) is 107 Å². The number of aryl methyl sites for hydroxylation is 2. The normalized spacial score (nSPS) is 18.3. The van der Waals surface area contributed by atoms with E-state index in [0.29, 0.717) is 18.8 Å². The molecule has 9 nitrogen and oxygen atoms in total. The first-order chi connectivity index (χ1) is 15.4. The Bertz CT molecular complexity index is 1140. The van der Waals surface area contributed by atoms with Crippen molar-refractivity contribution in [3.05, 3.63) is 48.0 Å². The number of hydrogen-bond donors (Lipinski definition) is 1. The fourth-order valence-corrected chi connectivity index (χ4v) is 4.10. The summed E-state index contributed by atoms with van der Waals surface area (Å²) in [5, 5.41) is 9.87. The molecule has 1 aliphatic heterocycles. The summed E-state index contributed by atoms with van der Waals surface area (Å²) in [5.74, 6) is -0.660. The second-order valence-corrected chi connectivity index (χ2v) is 7.94. The zero-order chi connectivity index (χ0) is 22.8. The minimum absolute atomic E-state index is 0.0864. The van der Waals surface area contributed by atoms with E-state index in [1.165, 1.54) is 7.11 Å². The number of methoxy groups -OCH3 is 1. The van der Waals surface area contributed by atoms with Crippen LogP contribution < -0.4 is 4.90 Å². The van der Waals surface area contributed by atoms with Gasteiger partial charge in [0.1, 0.15) is 11.9 Å². The highest BCUT2D eigenvalue weighted by Crippen LogP contribution is 2.33. The molecule has 2 atom stereocenters. The number of hydrogen-bond acceptors (Lipinski definition) is 7. The van der Waals surface area contributed by atoms with Crippen LogP contribution in [0, 0.1) is 13.8 Å². The van der Waals surface area contributed by atoms with Crippen LogP contribution in [-0.2, 0) is 19.1 Å². The minimum Gasteiger partial charge on any atom is -0.481 e. The number of ether oxygens (including phenoxy) is 2. The molecule has 2 aromatic heterocycles. The molecule has 0 bridgehead atoms. The SMILES string of the molecule is COC(=O)[C@@H]1C[C@H](OCCC(=O)O)CN1c1cc(-n2ccnc2)c2ccc(C)c(C)c2n1. The average Bonchev–Trinajstić information content (AvgIpc) is 3.45. The smallest absolute Gasteiger partial charge is 0.328 e. The zero-order valence-electron chi connectivity index (χ0n) is 18.3. The van der Waals surface area contributed by atoms with Crippen LogP contribution in [-0.4, -0.2) is 64.0 Å². The monoisotopic (exact) mass is 438 g/mol. The molecule has 0 radical (unpaired) electrons. The van der Waals surface area contributed by atoms with Crippen LogP contribution in [0.5, 0.6) is 0 Å². The van der Waals surface area contributed by atoms with E-state index in [1.54, 1.807) is 12.5 Å². The number of carbonyl (C=O) groups excluding carboxylic acids is 1. The molecule has 0 saturated carbocycles. The van der Waals surface area contributed by atoms with Gasteiger partial charge in [-0.05, 0) is 25.0 Å². The quantitative estimate of drug-likeness (QED) is 0.561. The molecule has 0 spiro atoms. The lowest BCUT2D eigenvalue weighted by molar-refractivity contribution is -0.143. The molecule has 3 heterocycles. The van der Waals surface area contributed by atoms with E-state index < -0.39 is 12.0 Å². The van der Waals surface area contributed by atoms with Gasteiger partial charge in [-0.1, -0.05) is 12.1 Å². The average molecular weight is 438 g/mol. The van der Waals surface area contributed by atoms with E-state index in [2.05, 4.69) is 11.1 Å². The van der Waals surface area contributed by atoms with E-state index in [-0.39, 0.29) is 25.1 Å². The number of pyridine rings is 1. The highest BCUT2D eigenvalue weighted by Gasteiger charge is 2.39. The van der Waals surface area contributed by atoms with Crippen LogP contribution in [0.1, 0.15) is 24.0 Å². The number of rotatable bonds is 7. The molecule has 1 aliphatic rings. The van der Waals surface area contributed by atoms with Gasteiger partial charge in [0.15, 0.2) is 0 Å². The summed E-state index contributed by atoms with van der Waals surface area (Å²) < 4.78 is 12.7. The fourth-order valence-electron chi connectivity index (χ4n) is 4.10. The molecule has 1 fully saturated rings. The second kappa shape index (κ2) is 8.96. The first-order valence-electron chi connectivity index (χ1n) is 10.5. The molecule has 1 aromatic carbocycles. The Morgan fingerprint density at radius 2 is 2.09 bits per heavy atom. The number of carboxylic acid groups (broad SMARTS) is 1. The Morgan fingerprint density at radius 3 is 2.78 bits per heavy atom. The molecule has 1 saturated heterocycles. The van der Waals surface area contributed by atoms with Crippen molar-refractivity contribution in [2.45, 2.75) is 38.8 Å². The summed E-state index contributed by atoms with van der Waals surface area (Å²) in [5.41, 5.74) is 3.95. The highest BCUT2D eigenvalue weighted by atomic mass is 16.5. The molecule has 0 unspecified atom stereocenters. The molecule has 3 aromatic rings. The zero-order valence-corrected chi connectivity index (χ0v) is 18.3. The minimum atomic E-state index is -0.920. The van der Waals surface area contributed by atoms with Gasteiger partial charge in [0.25, 0.3) is 0 Å². The van der Waals surface area contributed by atoms with Crippen molar-refractivity contribution in [3.8, 4) is 5.69 Å². The first-order valence-corrected chi connectivity index (χ1v) is 10.5. The Labute approximate surface area is 185 Å². The highest BCUT2D eigenvalue weighted by molar-refractivity contribution is 5.92. The van der Waals surface area contributed by atoms with Crippen LogP contribution in [0.2, 0.25) is 0 Å². The van der Waals surface area contributed by atoms with Gasteiger partial charge in [-0.2, -0.15) is 0 Å². The summed E-state index contributed by atoms with van der Waals surface area (Å²) in [6, 6.07) is 5.48. The van der Waals surface area contributed by atoms with Crippen LogP contribution in [0.3, 0.4) is 0 Å². The number of aromatic nitrogens is 3. The number of imidazole rings is 1. The van der Waals surface area contributed by atoms with Crippen molar-refractivity contribution in [1.82, 2.24) is 14.5 Å². The first kappa shape index (κ1) is 21.8. The van der Waals surface area contributed by atoms with Gasteiger partial charge in [0.2, 0.25) is 0 Å². The number of anilines is 1. The summed E-state index contributed by atoms with van der Waals surface area (Å²) in [7, 11) is 1.36. The molecule has 0 amide bonds. The maximum absolute atomic E-state index is 12.6. The lowest BCUT2D eigenvalue weighted by Crippen LogP contribution is -2.37. The maximum atomic E-state index is 12.6. The number of esters is 1. The van der Waals surface area contributed by atoms with Crippen LogP contribution >= 0.6 is 0 Å². The van der Waals surface area contributed by atoms with Gasteiger partial charge in [-0.3, -0.25) is 4.79 Å². The Kier molecular flexibility index (Phi) is 6.09. The number of carbonyl (C=O) groups is 2. The largest absolute Gasteiger partial charge is 0.481 e. The van der Waals surface area contributed by atoms with Crippen LogP contribution in [0.4, 0.5) is 5.82 Å². The predicted octanol–water partition coefficient (Wildman–Crippen LogP) is 2.65. The Morgan fingerprint density at radius 1 is 1.28 bits per heavy atom. The van der Waals surface area contributed by atoms with E-state index >= 15 is 0 Å². The molecule has 4 rings (SSSR count). The van der Waals surface area contributed by atoms with Crippen molar-refractivity contribution in [1.29, 1.82) is 0 Å². The van der Waals surface area contributed by atoms with Crippen molar-refractivity contribution in [3.63, 3.8) is 0 Å². The summed E-state index contributed by atoms with van der Waals surface area (Å²) in [6.07, 6.45) is 5.33. The van der Waals surface area contributed by atoms with Gasteiger partial charge in [-0.15, -0.1) is 0 Å². The Hall–Kier alpha value is -3.46. The van der Waals surface area contributed by atoms with Gasteiger partial charge in [-0.25, -0.2) is 14.8 Å². The van der Waals surface area contributed by atoms with Crippen LogP contribution in [0.25, 0.3) is 16.6 Å². The third-order valence-corrected chi connectivity index (χ3v) is 5.95. The molecule has 168 valence electrons. The maximum Gasteiger partial charge on any atom is 0.328 e. The van der Waals surface area contributed by atoms with Crippen molar-refractivity contribution < 1.29 is 24.2 Å².